The molecule has 0 bridgehead atoms. The normalized spacial score (nSPS) is 16.6. The fourth-order valence-corrected chi connectivity index (χ4v) is 5.69. The van der Waals surface area contributed by atoms with Crippen LogP contribution >= 0.6 is 0 Å². The second-order valence-electron chi connectivity index (χ2n) is 11.7. The van der Waals surface area contributed by atoms with Gasteiger partial charge < -0.3 is 30.6 Å². The molecule has 8 heteroatoms. The molecule has 39 heavy (non-hydrogen) atoms. The predicted octanol–water partition coefficient (Wildman–Crippen LogP) is 6.36. The molecule has 0 spiro atoms. The molecule has 1 aliphatic heterocycles. The van der Waals surface area contributed by atoms with E-state index in [0.29, 0.717) is 29.1 Å². The smallest absolute Gasteiger partial charge is 0.339 e. The van der Waals surface area contributed by atoms with E-state index in [4.69, 9.17) is 19.9 Å². The van der Waals surface area contributed by atoms with Gasteiger partial charge in [-0.25, -0.2) is 9.59 Å². The summed E-state index contributed by atoms with van der Waals surface area (Å²) in [6, 6.07) is 5.95. The summed E-state index contributed by atoms with van der Waals surface area (Å²) >= 11 is 0. The van der Waals surface area contributed by atoms with Crippen LogP contribution in [0.1, 0.15) is 87.7 Å². The minimum absolute atomic E-state index is 0.157. The molecule has 8 nitrogen and oxygen atoms in total. The Labute approximate surface area is 232 Å². The summed E-state index contributed by atoms with van der Waals surface area (Å²) in [6.07, 6.45) is 6.24. The van der Waals surface area contributed by atoms with E-state index >= 15 is 0 Å². The van der Waals surface area contributed by atoms with Crippen LogP contribution in [0.15, 0.2) is 18.2 Å². The Morgan fingerprint density at radius 2 is 1.79 bits per heavy atom. The molecule has 4 rings (SSSR count). The highest BCUT2D eigenvalue weighted by Gasteiger charge is 2.34. The van der Waals surface area contributed by atoms with Crippen molar-refractivity contribution in [1.29, 1.82) is 0 Å². The summed E-state index contributed by atoms with van der Waals surface area (Å²) in [4.78, 5) is 26.3. The maximum absolute atomic E-state index is 13.2. The summed E-state index contributed by atoms with van der Waals surface area (Å²) in [5.41, 5.74) is 11.9. The van der Waals surface area contributed by atoms with Gasteiger partial charge in [-0.2, -0.15) is 0 Å². The Balaban J connectivity index is 1.86. The molecular weight excluding hydrogens is 494 g/mol. The molecule has 2 amide bonds. The molecule has 2 aromatic rings. The van der Waals surface area contributed by atoms with Gasteiger partial charge in [0.2, 0.25) is 0 Å². The van der Waals surface area contributed by atoms with Crippen LogP contribution in [0, 0.1) is 13.8 Å². The van der Waals surface area contributed by atoms with E-state index in [1.165, 1.54) is 13.5 Å². The van der Waals surface area contributed by atoms with Crippen molar-refractivity contribution >= 4 is 23.4 Å². The van der Waals surface area contributed by atoms with E-state index in [-0.39, 0.29) is 12.1 Å². The monoisotopic (exact) mass is 537 g/mol. The lowest BCUT2D eigenvalue weighted by Gasteiger charge is -2.31. The second kappa shape index (κ2) is 11.9. The van der Waals surface area contributed by atoms with Gasteiger partial charge in [0.05, 0.1) is 30.7 Å². The lowest BCUT2D eigenvalue weighted by molar-refractivity contribution is -0.164. The van der Waals surface area contributed by atoms with Crippen LogP contribution in [0.2, 0.25) is 0 Å². The summed E-state index contributed by atoms with van der Waals surface area (Å²) in [5.74, 6) is 0.363. The van der Waals surface area contributed by atoms with Crippen LogP contribution in [0.3, 0.4) is 0 Å². The first-order chi connectivity index (χ1) is 18.5. The third-order valence-electron chi connectivity index (χ3n) is 7.62. The number of benzene rings is 2. The van der Waals surface area contributed by atoms with E-state index in [9.17, 15) is 9.59 Å². The highest BCUT2D eigenvalue weighted by Crippen LogP contribution is 2.45. The molecule has 0 saturated heterocycles. The predicted molar refractivity (Wildman–Crippen MR) is 154 cm³/mol. The Bertz CT molecular complexity index is 1230. The van der Waals surface area contributed by atoms with Crippen LogP contribution in [0.5, 0.6) is 5.75 Å². The van der Waals surface area contributed by atoms with Gasteiger partial charge in [-0.15, -0.1) is 0 Å². The van der Waals surface area contributed by atoms with Crippen LogP contribution < -0.4 is 21.1 Å². The molecule has 1 saturated carbocycles. The Morgan fingerprint density at radius 3 is 2.46 bits per heavy atom. The molecule has 1 atom stereocenters. The fourth-order valence-electron chi connectivity index (χ4n) is 5.69. The van der Waals surface area contributed by atoms with Gasteiger partial charge in [-0.3, -0.25) is 0 Å². The number of anilines is 2. The number of nitrogens with two attached hydrogens (primary N) is 1. The number of aryl methyl sites for hydroxylation is 1. The van der Waals surface area contributed by atoms with E-state index in [2.05, 4.69) is 16.7 Å². The number of nitrogen functional groups attached to an aromatic ring is 1. The molecule has 2 aromatic carbocycles. The number of rotatable bonds is 6. The van der Waals surface area contributed by atoms with E-state index in [1.54, 1.807) is 0 Å². The van der Waals surface area contributed by atoms with E-state index in [0.717, 1.165) is 66.5 Å². The highest BCUT2D eigenvalue weighted by molar-refractivity contribution is 5.99. The van der Waals surface area contributed by atoms with E-state index < -0.39 is 17.7 Å². The molecule has 1 aliphatic carbocycles. The molecule has 0 radical (unpaired) electrons. The largest absolute Gasteiger partial charge is 0.493 e. The number of hydrogen-bond acceptors (Lipinski definition) is 6. The lowest BCUT2D eigenvalue weighted by atomic mass is 9.85. The molecule has 2 aliphatic rings. The number of urea groups is 1. The molecule has 212 valence electrons. The van der Waals surface area contributed by atoms with Gasteiger partial charge in [-0.1, -0.05) is 25.3 Å². The molecular formula is C31H43N3O5. The van der Waals surface area contributed by atoms with Gasteiger partial charge in [0.1, 0.15) is 5.75 Å². The summed E-state index contributed by atoms with van der Waals surface area (Å²) in [5, 5.41) is 6.16. The van der Waals surface area contributed by atoms with Crippen LogP contribution in [0.4, 0.5) is 16.2 Å². The summed E-state index contributed by atoms with van der Waals surface area (Å²) < 4.78 is 17.4. The zero-order valence-corrected chi connectivity index (χ0v) is 24.2. The maximum Gasteiger partial charge on any atom is 0.339 e. The van der Waals surface area contributed by atoms with Gasteiger partial charge in [0.15, 0.2) is 6.10 Å². The Morgan fingerprint density at radius 1 is 1.08 bits per heavy atom. The van der Waals surface area contributed by atoms with Crippen molar-refractivity contribution in [2.75, 3.05) is 24.8 Å². The van der Waals surface area contributed by atoms with Crippen molar-refractivity contribution in [3.8, 4) is 16.9 Å². The van der Waals surface area contributed by atoms with Crippen molar-refractivity contribution in [3.05, 3.63) is 40.5 Å². The average Bonchev–Trinajstić information content (AvgIpc) is 2.91. The molecule has 1 unspecified atom stereocenters. The fraction of sp³-hybridized carbons (Fsp3) is 0.548. The number of carbonyl (C=O) groups excluding carboxylic acids is 2. The minimum atomic E-state index is -1.01. The van der Waals surface area contributed by atoms with Gasteiger partial charge >= 0.3 is 12.0 Å². The number of carbonyl (C=O) groups is 2. The third kappa shape index (κ3) is 6.49. The number of fused-ring (bicyclic) bond motifs is 1. The molecule has 4 N–H and O–H groups in total. The number of esters is 1. The van der Waals surface area contributed by atoms with Crippen LogP contribution in [-0.4, -0.2) is 37.4 Å². The van der Waals surface area contributed by atoms with E-state index in [1.807, 2.05) is 46.8 Å². The van der Waals surface area contributed by atoms with Gasteiger partial charge in [-0.05, 0) is 100 Å². The topological polar surface area (TPSA) is 112 Å². The minimum Gasteiger partial charge on any atom is -0.493 e. The number of ether oxygens (including phenoxy) is 3. The maximum atomic E-state index is 13.2. The summed E-state index contributed by atoms with van der Waals surface area (Å²) in [7, 11) is 1.36. The highest BCUT2D eigenvalue weighted by atomic mass is 16.6. The van der Waals surface area contributed by atoms with Crippen molar-refractivity contribution in [2.45, 2.75) is 97.3 Å². The third-order valence-corrected chi connectivity index (χ3v) is 7.62. The zero-order valence-electron chi connectivity index (χ0n) is 24.2. The number of methoxy groups -OCH3 is 1. The number of amides is 2. The van der Waals surface area contributed by atoms with Crippen molar-refractivity contribution in [1.82, 2.24) is 5.32 Å². The van der Waals surface area contributed by atoms with Crippen molar-refractivity contribution < 1.29 is 23.8 Å². The molecule has 0 aromatic heterocycles. The lowest BCUT2D eigenvalue weighted by Crippen LogP contribution is -2.39. The molecule has 1 fully saturated rings. The molecule has 1 heterocycles. The average molecular weight is 538 g/mol. The first-order valence-corrected chi connectivity index (χ1v) is 14.0. The van der Waals surface area contributed by atoms with Gasteiger partial charge in [0.25, 0.3) is 0 Å². The second-order valence-corrected chi connectivity index (χ2v) is 11.7. The SMILES string of the molecule is COC(=O)C(OC(C)(C)C)c1c(C)c(N)c(NC(=O)NC2CCCCC2)c(C)c1-c1ccc2c(c1)CCCO2. The standard InChI is InChI=1S/C31H43N3O5/c1-18-25(28(29(35)37-6)39-31(3,4)5)24(21-14-15-23-20(17-21)11-10-16-38-23)19(2)27(26(18)32)34-30(36)33-22-12-8-7-9-13-22/h14-15,17,22,28H,7-13,16,32H2,1-6H3,(H2,33,34,36). The first-order valence-electron chi connectivity index (χ1n) is 14.0. The quantitative estimate of drug-likeness (QED) is 0.292. The zero-order chi connectivity index (χ0) is 28.3. The number of hydrogen-bond donors (Lipinski definition) is 3. The Kier molecular flexibility index (Phi) is 8.74. The summed E-state index contributed by atoms with van der Waals surface area (Å²) in [6.45, 7) is 10.2. The van der Waals surface area contributed by atoms with Crippen molar-refractivity contribution in [2.24, 2.45) is 0 Å². The van der Waals surface area contributed by atoms with Gasteiger partial charge in [0, 0.05) is 11.6 Å². The van der Waals surface area contributed by atoms with Crippen LogP contribution in [0.25, 0.3) is 11.1 Å². The number of nitrogens with one attached hydrogen (secondary N) is 2. The van der Waals surface area contributed by atoms with Crippen LogP contribution in [-0.2, 0) is 20.7 Å². The first kappa shape index (κ1) is 28.7. The Hall–Kier alpha value is -3.26. The van der Waals surface area contributed by atoms with Crippen molar-refractivity contribution in [3.63, 3.8) is 0 Å².